The first-order chi connectivity index (χ1) is 12.0. The second kappa shape index (κ2) is 7.21. The van der Waals surface area contributed by atoms with Crippen LogP contribution in [0.1, 0.15) is 13.8 Å². The van der Waals surface area contributed by atoms with Crippen LogP contribution in [0.3, 0.4) is 0 Å². The van der Waals surface area contributed by atoms with E-state index in [1.54, 1.807) is 10.9 Å². The Morgan fingerprint density at radius 1 is 1.00 bits per heavy atom. The first-order valence-electron chi connectivity index (χ1n) is 8.17. The maximum absolute atomic E-state index is 12.8. The molecule has 0 saturated heterocycles. The fraction of sp³-hybridized carbons (Fsp3) is 0.211. The molecule has 0 saturated carbocycles. The Morgan fingerprint density at radius 3 is 2.20 bits per heavy atom. The van der Waals surface area contributed by atoms with E-state index in [1.807, 2.05) is 74.5 Å². The molecule has 0 fully saturated rings. The zero-order chi connectivity index (χ0) is 17.9. The number of nitrogens with one attached hydrogen (secondary N) is 1. The Morgan fingerprint density at radius 2 is 1.60 bits per heavy atom. The lowest BCUT2D eigenvalue weighted by Gasteiger charge is -2.08. The van der Waals surface area contributed by atoms with Gasteiger partial charge < -0.3 is 0 Å². The van der Waals surface area contributed by atoms with Gasteiger partial charge in [-0.25, -0.2) is 17.8 Å². The third-order valence-corrected chi connectivity index (χ3v) is 5.14. The number of hydrogen-bond donors (Lipinski definition) is 1. The van der Waals surface area contributed by atoms with Crippen LogP contribution in [0.2, 0.25) is 0 Å². The van der Waals surface area contributed by atoms with Crippen LogP contribution in [0.15, 0.2) is 71.8 Å². The topological polar surface area (TPSA) is 64.0 Å². The van der Waals surface area contributed by atoms with Crippen molar-refractivity contribution in [2.75, 3.05) is 6.54 Å². The van der Waals surface area contributed by atoms with E-state index in [9.17, 15) is 8.42 Å². The third-order valence-electron chi connectivity index (χ3n) is 3.72. The summed E-state index contributed by atoms with van der Waals surface area (Å²) in [6, 6.07) is 18.8. The van der Waals surface area contributed by atoms with Gasteiger partial charge >= 0.3 is 0 Å². The molecule has 0 spiro atoms. The molecule has 1 heterocycles. The molecular formula is C19H21N3O2S. The Bertz CT molecular complexity index is 933. The quantitative estimate of drug-likeness (QED) is 0.736. The summed E-state index contributed by atoms with van der Waals surface area (Å²) in [7, 11) is -3.65. The lowest BCUT2D eigenvalue weighted by Crippen LogP contribution is -2.27. The zero-order valence-electron chi connectivity index (χ0n) is 14.3. The first kappa shape index (κ1) is 17.4. The minimum absolute atomic E-state index is 0.184. The van der Waals surface area contributed by atoms with Crippen molar-refractivity contribution in [2.24, 2.45) is 5.92 Å². The summed E-state index contributed by atoms with van der Waals surface area (Å²) in [4.78, 5) is 0.184. The van der Waals surface area contributed by atoms with Crippen LogP contribution in [0, 0.1) is 5.92 Å². The van der Waals surface area contributed by atoms with Crippen LogP contribution in [-0.2, 0) is 10.0 Å². The Hall–Kier alpha value is -2.44. The highest BCUT2D eigenvalue weighted by molar-refractivity contribution is 7.89. The molecule has 0 amide bonds. The van der Waals surface area contributed by atoms with Crippen LogP contribution < -0.4 is 4.72 Å². The van der Waals surface area contributed by atoms with Crippen molar-refractivity contribution in [1.82, 2.24) is 14.5 Å². The number of sulfonamides is 1. The highest BCUT2D eigenvalue weighted by Crippen LogP contribution is 2.27. The van der Waals surface area contributed by atoms with E-state index >= 15 is 0 Å². The summed E-state index contributed by atoms with van der Waals surface area (Å²) >= 11 is 0. The SMILES string of the molecule is CC(C)CNS(=O)(=O)c1cn(-c2ccccc2)nc1-c1ccccc1. The summed E-state index contributed by atoms with van der Waals surface area (Å²) in [5.41, 5.74) is 2.02. The van der Waals surface area contributed by atoms with Gasteiger partial charge in [-0.3, -0.25) is 0 Å². The maximum Gasteiger partial charge on any atom is 0.244 e. The zero-order valence-corrected chi connectivity index (χ0v) is 15.1. The molecule has 3 rings (SSSR count). The van der Waals surface area contributed by atoms with Crippen molar-refractivity contribution in [3.8, 4) is 16.9 Å². The number of benzene rings is 2. The van der Waals surface area contributed by atoms with Gasteiger partial charge in [0.2, 0.25) is 10.0 Å². The lowest BCUT2D eigenvalue weighted by molar-refractivity contribution is 0.560. The molecule has 0 bridgehead atoms. The van der Waals surface area contributed by atoms with Crippen molar-refractivity contribution in [3.05, 3.63) is 66.9 Å². The van der Waals surface area contributed by atoms with Crippen molar-refractivity contribution in [3.63, 3.8) is 0 Å². The van der Waals surface area contributed by atoms with Gasteiger partial charge in [0.25, 0.3) is 0 Å². The van der Waals surface area contributed by atoms with Gasteiger partial charge in [-0.2, -0.15) is 5.10 Å². The third kappa shape index (κ3) is 3.97. The average molecular weight is 355 g/mol. The van der Waals surface area contributed by atoms with Crippen LogP contribution in [0.25, 0.3) is 16.9 Å². The molecule has 25 heavy (non-hydrogen) atoms. The molecule has 1 aromatic heterocycles. The van der Waals surface area contributed by atoms with E-state index in [-0.39, 0.29) is 10.8 Å². The summed E-state index contributed by atoms with van der Waals surface area (Å²) in [5.74, 6) is 0.221. The summed E-state index contributed by atoms with van der Waals surface area (Å²) in [6.07, 6.45) is 1.57. The molecule has 6 heteroatoms. The van der Waals surface area contributed by atoms with Gasteiger partial charge in [0.15, 0.2) is 0 Å². The summed E-state index contributed by atoms with van der Waals surface area (Å²) in [6.45, 7) is 4.31. The maximum atomic E-state index is 12.8. The molecule has 130 valence electrons. The van der Waals surface area contributed by atoms with Gasteiger partial charge in [0.1, 0.15) is 10.6 Å². The molecule has 0 atom stereocenters. The fourth-order valence-electron chi connectivity index (χ4n) is 2.42. The van der Waals surface area contributed by atoms with Crippen molar-refractivity contribution < 1.29 is 8.42 Å². The number of aromatic nitrogens is 2. The van der Waals surface area contributed by atoms with Gasteiger partial charge in [0.05, 0.1) is 11.9 Å². The van der Waals surface area contributed by atoms with Crippen molar-refractivity contribution >= 4 is 10.0 Å². The van der Waals surface area contributed by atoms with E-state index in [2.05, 4.69) is 9.82 Å². The van der Waals surface area contributed by atoms with Crippen LogP contribution >= 0.6 is 0 Å². The fourth-order valence-corrected chi connectivity index (χ4v) is 3.78. The predicted octanol–water partition coefficient (Wildman–Crippen LogP) is 3.47. The molecule has 0 aliphatic heterocycles. The monoisotopic (exact) mass is 355 g/mol. The molecule has 0 radical (unpaired) electrons. The van der Waals surface area contributed by atoms with Gasteiger partial charge in [-0.1, -0.05) is 62.4 Å². The van der Waals surface area contributed by atoms with Crippen LogP contribution in [0.5, 0.6) is 0 Å². The van der Waals surface area contributed by atoms with Crippen LogP contribution in [0.4, 0.5) is 0 Å². The lowest BCUT2D eigenvalue weighted by atomic mass is 10.2. The minimum atomic E-state index is -3.65. The molecule has 0 aliphatic carbocycles. The van der Waals surface area contributed by atoms with Crippen LogP contribution in [-0.4, -0.2) is 24.7 Å². The highest BCUT2D eigenvalue weighted by atomic mass is 32.2. The van der Waals surface area contributed by atoms with Gasteiger partial charge in [-0.05, 0) is 18.1 Å². The second-order valence-electron chi connectivity index (χ2n) is 6.23. The smallest absolute Gasteiger partial charge is 0.239 e. The Kier molecular flexibility index (Phi) is 5.01. The molecule has 0 aliphatic rings. The van der Waals surface area contributed by atoms with E-state index in [0.29, 0.717) is 12.2 Å². The van der Waals surface area contributed by atoms with E-state index < -0.39 is 10.0 Å². The Labute approximate surface area is 148 Å². The highest BCUT2D eigenvalue weighted by Gasteiger charge is 2.24. The normalized spacial score (nSPS) is 11.8. The average Bonchev–Trinajstić information content (AvgIpc) is 3.08. The molecule has 0 unspecified atom stereocenters. The summed E-state index contributed by atoms with van der Waals surface area (Å²) in [5, 5.41) is 4.54. The predicted molar refractivity (Wildman–Crippen MR) is 99.0 cm³/mol. The van der Waals surface area contributed by atoms with Crippen molar-refractivity contribution in [1.29, 1.82) is 0 Å². The number of rotatable bonds is 6. The first-order valence-corrected chi connectivity index (χ1v) is 9.66. The van der Waals surface area contributed by atoms with E-state index in [1.165, 1.54) is 0 Å². The van der Waals surface area contributed by atoms with Crippen molar-refractivity contribution in [2.45, 2.75) is 18.7 Å². The summed E-state index contributed by atoms with van der Waals surface area (Å²) < 4.78 is 29.9. The molecule has 2 aromatic carbocycles. The number of nitrogens with zero attached hydrogens (tertiary/aromatic N) is 2. The largest absolute Gasteiger partial charge is 0.244 e. The van der Waals surface area contributed by atoms with E-state index in [4.69, 9.17) is 0 Å². The molecule has 1 N–H and O–H groups in total. The standard InChI is InChI=1S/C19H21N3O2S/c1-15(2)13-20-25(23,24)18-14-22(17-11-7-4-8-12-17)21-19(18)16-9-5-3-6-10-16/h3-12,14-15,20H,13H2,1-2H3. The molecular weight excluding hydrogens is 334 g/mol. The second-order valence-corrected chi connectivity index (χ2v) is 7.97. The van der Waals surface area contributed by atoms with E-state index in [0.717, 1.165) is 11.3 Å². The number of hydrogen-bond acceptors (Lipinski definition) is 3. The Balaban J connectivity index is 2.11. The van der Waals surface area contributed by atoms with Gasteiger partial charge in [0, 0.05) is 12.1 Å². The van der Waals surface area contributed by atoms with Gasteiger partial charge in [-0.15, -0.1) is 0 Å². The molecule has 3 aromatic rings. The molecule has 5 nitrogen and oxygen atoms in total. The minimum Gasteiger partial charge on any atom is -0.239 e. The number of para-hydroxylation sites is 1.